The number of hydrogen-bond donors (Lipinski definition) is 1. The van der Waals surface area contributed by atoms with E-state index in [0.29, 0.717) is 10.7 Å². The molecule has 6 nitrogen and oxygen atoms in total. The van der Waals surface area contributed by atoms with Crippen LogP contribution in [0.3, 0.4) is 0 Å². The lowest BCUT2D eigenvalue weighted by Gasteiger charge is -2.40. The molecule has 2 rings (SSSR count). The van der Waals surface area contributed by atoms with Crippen LogP contribution in [0.5, 0.6) is 0 Å². The van der Waals surface area contributed by atoms with Crippen LogP contribution in [0.25, 0.3) is 0 Å². The maximum Gasteiger partial charge on any atom is 0.316 e. The number of anilines is 1. The van der Waals surface area contributed by atoms with Crippen LogP contribution in [0.1, 0.15) is 40.0 Å². The van der Waals surface area contributed by atoms with Crippen LogP contribution in [-0.4, -0.2) is 52.4 Å². The summed E-state index contributed by atoms with van der Waals surface area (Å²) in [5, 5.41) is 3.31. The molecule has 154 valence electrons. The minimum Gasteiger partial charge on any atom is -0.452 e. The molecule has 8 heteroatoms. The van der Waals surface area contributed by atoms with Crippen molar-refractivity contribution in [3.05, 3.63) is 29.3 Å². The zero-order chi connectivity index (χ0) is 20.7. The molecule has 1 aliphatic rings. The van der Waals surface area contributed by atoms with E-state index in [4.69, 9.17) is 16.3 Å². The fraction of sp³-hybridized carbons (Fsp3) is 0.550. The Morgan fingerprint density at radius 2 is 1.79 bits per heavy atom. The van der Waals surface area contributed by atoms with Crippen LogP contribution in [0.4, 0.5) is 5.69 Å². The van der Waals surface area contributed by atoms with Gasteiger partial charge in [-0.2, -0.15) is 0 Å². The van der Waals surface area contributed by atoms with Gasteiger partial charge in [0.25, 0.3) is 5.91 Å². The Morgan fingerprint density at radius 1 is 1.18 bits per heavy atom. The van der Waals surface area contributed by atoms with Crippen molar-refractivity contribution in [1.29, 1.82) is 0 Å². The first-order valence-electron chi connectivity index (χ1n) is 9.42. The Bertz CT molecular complexity index is 688. The second kappa shape index (κ2) is 10.7. The fourth-order valence-electron chi connectivity index (χ4n) is 3.30. The van der Waals surface area contributed by atoms with E-state index in [-0.39, 0.29) is 35.4 Å². The molecule has 1 N–H and O–H groups in total. The third-order valence-corrected chi connectivity index (χ3v) is 5.84. The summed E-state index contributed by atoms with van der Waals surface area (Å²) >= 11 is 6.95. The van der Waals surface area contributed by atoms with Gasteiger partial charge in [0.2, 0.25) is 5.91 Å². The van der Waals surface area contributed by atoms with Gasteiger partial charge >= 0.3 is 5.97 Å². The molecular formula is C20H27ClN2O4S. The van der Waals surface area contributed by atoms with Gasteiger partial charge in [-0.05, 0) is 64.3 Å². The molecule has 28 heavy (non-hydrogen) atoms. The third kappa shape index (κ3) is 6.71. The monoisotopic (exact) mass is 426 g/mol. The van der Waals surface area contributed by atoms with Gasteiger partial charge in [-0.3, -0.25) is 14.4 Å². The van der Waals surface area contributed by atoms with Crippen LogP contribution in [0.15, 0.2) is 24.3 Å². The Kier molecular flexibility index (Phi) is 8.63. The zero-order valence-corrected chi connectivity index (χ0v) is 18.0. The number of ether oxygens (including phenoxy) is 1. The lowest BCUT2D eigenvalue weighted by molar-refractivity contribution is -0.160. The Morgan fingerprint density at radius 3 is 2.39 bits per heavy atom. The van der Waals surface area contributed by atoms with Crippen molar-refractivity contribution in [3.8, 4) is 0 Å². The summed E-state index contributed by atoms with van der Waals surface area (Å²) in [6.07, 6.45) is 2.22. The Hall–Kier alpha value is -1.73. The fourth-order valence-corrected chi connectivity index (χ4v) is 4.02. The van der Waals surface area contributed by atoms with E-state index in [1.54, 1.807) is 31.2 Å². The van der Waals surface area contributed by atoms with Crippen molar-refractivity contribution in [2.75, 3.05) is 16.8 Å². The molecule has 0 aromatic heterocycles. The lowest BCUT2D eigenvalue weighted by atomic mass is 9.97. The molecule has 2 amide bonds. The molecule has 0 saturated carbocycles. The smallest absolute Gasteiger partial charge is 0.316 e. The first kappa shape index (κ1) is 22.6. The molecule has 1 aliphatic heterocycles. The van der Waals surface area contributed by atoms with Crippen molar-refractivity contribution in [3.63, 3.8) is 0 Å². The number of benzene rings is 1. The number of hydrogen-bond acceptors (Lipinski definition) is 5. The number of thioether (sulfide) groups is 1. The van der Waals surface area contributed by atoms with Gasteiger partial charge in [0.1, 0.15) is 0 Å². The normalized spacial score (nSPS) is 20.4. The highest BCUT2D eigenvalue weighted by molar-refractivity contribution is 8.00. The van der Waals surface area contributed by atoms with E-state index in [2.05, 4.69) is 5.32 Å². The average Bonchev–Trinajstić information content (AvgIpc) is 2.63. The molecule has 1 heterocycles. The van der Waals surface area contributed by atoms with Crippen molar-refractivity contribution < 1.29 is 19.1 Å². The molecule has 1 saturated heterocycles. The van der Waals surface area contributed by atoms with Crippen LogP contribution < -0.4 is 5.32 Å². The number of halogens is 1. The molecule has 0 unspecified atom stereocenters. The maximum absolute atomic E-state index is 12.6. The largest absolute Gasteiger partial charge is 0.452 e. The van der Waals surface area contributed by atoms with Gasteiger partial charge in [0.15, 0.2) is 6.10 Å². The van der Waals surface area contributed by atoms with Crippen LogP contribution >= 0.6 is 23.4 Å². The summed E-state index contributed by atoms with van der Waals surface area (Å²) in [7, 11) is 0. The standard InChI is InChI=1S/C20H27ClN2O4S/c1-13-5-4-6-14(2)23(13)20(26)15(3)27-19(25)12-28-11-18(24)22-17-9-7-16(21)8-10-17/h7-10,13-15H,4-6,11-12H2,1-3H3,(H,22,24)/t13-,14-,15+/m0/s1. The molecule has 0 aliphatic carbocycles. The number of nitrogens with zero attached hydrogens (tertiary/aromatic N) is 1. The highest BCUT2D eigenvalue weighted by atomic mass is 35.5. The van der Waals surface area contributed by atoms with Crippen molar-refractivity contribution in [1.82, 2.24) is 4.90 Å². The summed E-state index contributed by atoms with van der Waals surface area (Å²) in [6.45, 7) is 5.65. The summed E-state index contributed by atoms with van der Waals surface area (Å²) in [5.74, 6) is -0.752. The molecular weight excluding hydrogens is 400 g/mol. The van der Waals surface area contributed by atoms with Gasteiger partial charge < -0.3 is 15.0 Å². The quantitative estimate of drug-likeness (QED) is 0.672. The number of amides is 2. The van der Waals surface area contributed by atoms with Crippen molar-refractivity contribution >= 4 is 46.8 Å². The summed E-state index contributed by atoms with van der Waals surface area (Å²) in [4.78, 5) is 38.4. The highest BCUT2D eigenvalue weighted by Gasteiger charge is 2.33. The average molecular weight is 427 g/mol. The van der Waals surface area contributed by atoms with Crippen LogP contribution in [0.2, 0.25) is 5.02 Å². The van der Waals surface area contributed by atoms with E-state index >= 15 is 0 Å². The van der Waals surface area contributed by atoms with Crippen LogP contribution in [-0.2, 0) is 19.1 Å². The number of carbonyl (C=O) groups excluding carboxylic acids is 3. The number of carbonyl (C=O) groups is 3. The second-order valence-corrected chi connectivity index (χ2v) is 8.48. The second-order valence-electron chi connectivity index (χ2n) is 7.05. The Labute approximate surface area is 175 Å². The van der Waals surface area contributed by atoms with E-state index < -0.39 is 12.1 Å². The summed E-state index contributed by atoms with van der Waals surface area (Å²) in [6, 6.07) is 7.09. The zero-order valence-electron chi connectivity index (χ0n) is 16.4. The molecule has 0 spiro atoms. The van der Waals surface area contributed by atoms with Gasteiger partial charge in [-0.15, -0.1) is 11.8 Å². The topological polar surface area (TPSA) is 75.7 Å². The lowest BCUT2D eigenvalue weighted by Crippen LogP contribution is -2.51. The minimum atomic E-state index is -0.820. The highest BCUT2D eigenvalue weighted by Crippen LogP contribution is 2.23. The minimum absolute atomic E-state index is 0.0107. The summed E-state index contributed by atoms with van der Waals surface area (Å²) < 4.78 is 5.28. The predicted octanol–water partition coefficient (Wildman–Crippen LogP) is 3.73. The first-order chi connectivity index (χ1) is 13.3. The van der Waals surface area contributed by atoms with Crippen molar-refractivity contribution in [2.24, 2.45) is 0 Å². The SMILES string of the molecule is C[C@@H](OC(=O)CSCC(=O)Nc1ccc(Cl)cc1)C(=O)N1[C@@H](C)CCC[C@@H]1C. The number of nitrogens with one attached hydrogen (secondary N) is 1. The van der Waals surface area contributed by atoms with Crippen LogP contribution in [0, 0.1) is 0 Å². The van der Waals surface area contributed by atoms with Gasteiger partial charge in [-0.1, -0.05) is 11.6 Å². The van der Waals surface area contributed by atoms with Gasteiger partial charge in [0, 0.05) is 22.8 Å². The number of esters is 1. The Balaban J connectivity index is 1.71. The number of piperidine rings is 1. The molecule has 3 atom stereocenters. The van der Waals surface area contributed by atoms with E-state index in [9.17, 15) is 14.4 Å². The first-order valence-corrected chi connectivity index (χ1v) is 11.0. The number of likely N-dealkylation sites (tertiary alicyclic amines) is 1. The molecule has 1 fully saturated rings. The maximum atomic E-state index is 12.6. The predicted molar refractivity (Wildman–Crippen MR) is 113 cm³/mol. The van der Waals surface area contributed by atoms with Gasteiger partial charge in [-0.25, -0.2) is 0 Å². The summed E-state index contributed by atoms with van der Waals surface area (Å²) in [5.41, 5.74) is 0.640. The van der Waals surface area contributed by atoms with E-state index in [1.165, 1.54) is 0 Å². The van der Waals surface area contributed by atoms with Crippen molar-refractivity contribution in [2.45, 2.75) is 58.2 Å². The third-order valence-electron chi connectivity index (χ3n) is 4.69. The molecule has 1 aromatic carbocycles. The molecule has 0 radical (unpaired) electrons. The van der Waals surface area contributed by atoms with Gasteiger partial charge in [0.05, 0.1) is 11.5 Å². The molecule has 1 aromatic rings. The molecule has 0 bridgehead atoms. The van der Waals surface area contributed by atoms with E-state index in [0.717, 1.165) is 31.0 Å². The number of rotatable bonds is 7. The van der Waals surface area contributed by atoms with E-state index in [1.807, 2.05) is 18.7 Å².